The number of pyridine rings is 1. The Hall–Kier alpha value is -2.73. The van der Waals surface area contributed by atoms with Crippen molar-refractivity contribution in [1.82, 2.24) is 19.7 Å². The molecule has 2 aliphatic rings. The quantitative estimate of drug-likeness (QED) is 0.605. The lowest BCUT2D eigenvalue weighted by Crippen LogP contribution is -2.34. The molecule has 3 aromatic rings. The van der Waals surface area contributed by atoms with Crippen LogP contribution in [0.1, 0.15) is 48.8 Å². The van der Waals surface area contributed by atoms with Crippen molar-refractivity contribution in [2.75, 3.05) is 31.2 Å². The average Bonchev–Trinajstić information content (AvgIpc) is 3.23. The second-order valence-electron chi connectivity index (χ2n) is 8.76. The summed E-state index contributed by atoms with van der Waals surface area (Å²) in [5, 5.41) is 9.45. The van der Waals surface area contributed by atoms with Crippen LogP contribution in [0.2, 0.25) is 0 Å². The van der Waals surface area contributed by atoms with Gasteiger partial charge in [-0.1, -0.05) is 36.4 Å². The topological polar surface area (TPSA) is 56.1 Å². The van der Waals surface area contributed by atoms with Crippen molar-refractivity contribution in [3.05, 3.63) is 71.9 Å². The normalized spacial score (nSPS) is 18.4. The van der Waals surface area contributed by atoms with Gasteiger partial charge in [0.2, 0.25) is 0 Å². The van der Waals surface area contributed by atoms with Crippen LogP contribution in [0.4, 0.5) is 5.82 Å². The summed E-state index contributed by atoms with van der Waals surface area (Å²) in [4.78, 5) is 6.91. The lowest BCUT2D eigenvalue weighted by Gasteiger charge is -2.32. The lowest BCUT2D eigenvalue weighted by atomic mass is 9.94. The van der Waals surface area contributed by atoms with Crippen LogP contribution in [0.15, 0.2) is 54.7 Å². The van der Waals surface area contributed by atoms with Gasteiger partial charge in [-0.2, -0.15) is 0 Å². The van der Waals surface area contributed by atoms with Gasteiger partial charge < -0.3 is 14.2 Å². The van der Waals surface area contributed by atoms with E-state index in [9.17, 15) is 0 Å². The molecule has 5 rings (SSSR count). The maximum absolute atomic E-state index is 5.56. The van der Waals surface area contributed by atoms with Gasteiger partial charge in [-0.25, -0.2) is 4.98 Å². The molecule has 0 unspecified atom stereocenters. The van der Waals surface area contributed by atoms with Crippen molar-refractivity contribution in [2.24, 2.45) is 5.92 Å². The minimum Gasteiger partial charge on any atom is -0.381 e. The van der Waals surface area contributed by atoms with Crippen LogP contribution in [0.25, 0.3) is 0 Å². The Balaban J connectivity index is 1.35. The molecule has 2 fully saturated rings. The van der Waals surface area contributed by atoms with Crippen LogP contribution in [-0.2, 0) is 17.7 Å². The summed E-state index contributed by atoms with van der Waals surface area (Å²) in [7, 11) is 0. The number of piperidine rings is 1. The Morgan fingerprint density at radius 1 is 0.871 bits per heavy atom. The number of hydrogen-bond acceptors (Lipinski definition) is 5. The molecule has 6 heteroatoms. The fourth-order valence-electron chi connectivity index (χ4n) is 4.86. The molecule has 0 radical (unpaired) electrons. The van der Waals surface area contributed by atoms with E-state index in [2.05, 4.69) is 56.9 Å². The summed E-state index contributed by atoms with van der Waals surface area (Å²) < 4.78 is 7.97. The molecular weight excluding hydrogens is 386 g/mol. The smallest absolute Gasteiger partial charge is 0.136 e. The predicted molar refractivity (Wildman–Crippen MR) is 121 cm³/mol. The van der Waals surface area contributed by atoms with Gasteiger partial charge >= 0.3 is 0 Å². The molecule has 0 atom stereocenters. The second kappa shape index (κ2) is 9.60. The van der Waals surface area contributed by atoms with E-state index >= 15 is 0 Å². The lowest BCUT2D eigenvalue weighted by molar-refractivity contribution is 0.0657. The monoisotopic (exact) mass is 417 g/mol. The highest BCUT2D eigenvalue weighted by molar-refractivity contribution is 5.38. The summed E-state index contributed by atoms with van der Waals surface area (Å²) in [6.45, 7) is 4.61. The Morgan fingerprint density at radius 3 is 2.39 bits per heavy atom. The number of ether oxygens (including phenoxy) is 1. The first kappa shape index (κ1) is 20.2. The van der Waals surface area contributed by atoms with Gasteiger partial charge in [-0.3, -0.25) is 0 Å². The maximum Gasteiger partial charge on any atom is 0.136 e. The van der Waals surface area contributed by atoms with Crippen molar-refractivity contribution >= 4 is 5.82 Å². The third-order valence-electron chi connectivity index (χ3n) is 6.69. The van der Waals surface area contributed by atoms with Crippen molar-refractivity contribution in [3.8, 4) is 0 Å². The zero-order valence-corrected chi connectivity index (χ0v) is 18.1. The van der Waals surface area contributed by atoms with Gasteiger partial charge in [0, 0.05) is 44.8 Å². The number of rotatable bonds is 6. The summed E-state index contributed by atoms with van der Waals surface area (Å²) in [5.41, 5.74) is 1.31. The van der Waals surface area contributed by atoms with Gasteiger partial charge in [0.25, 0.3) is 0 Å². The Kier molecular flexibility index (Phi) is 6.25. The van der Waals surface area contributed by atoms with Gasteiger partial charge in [0.1, 0.15) is 17.5 Å². The van der Waals surface area contributed by atoms with E-state index in [1.165, 1.54) is 5.56 Å². The minimum atomic E-state index is 0.444. The molecule has 0 aliphatic carbocycles. The van der Waals surface area contributed by atoms with Gasteiger partial charge in [-0.05, 0) is 49.3 Å². The highest BCUT2D eigenvalue weighted by atomic mass is 16.5. The zero-order chi connectivity index (χ0) is 20.9. The molecule has 0 spiro atoms. The Morgan fingerprint density at radius 2 is 1.65 bits per heavy atom. The number of aromatic nitrogens is 4. The van der Waals surface area contributed by atoms with Gasteiger partial charge in [0.05, 0.1) is 6.54 Å². The third kappa shape index (κ3) is 4.79. The van der Waals surface area contributed by atoms with Crippen LogP contribution < -0.4 is 4.90 Å². The average molecular weight is 418 g/mol. The molecule has 1 aromatic carbocycles. The standard InChI is InChI=1S/C25H31N5O/c1-2-6-21(7-3-1)19-30-24(18-20-11-16-31-17-12-20)27-28-25(30)22-9-14-29(15-10-22)23-8-4-5-13-26-23/h1-8,13,20,22H,9-12,14-19H2. The largest absolute Gasteiger partial charge is 0.381 e. The number of benzene rings is 1. The van der Waals surface area contributed by atoms with Crippen molar-refractivity contribution in [2.45, 2.75) is 44.6 Å². The minimum absolute atomic E-state index is 0.444. The molecule has 4 heterocycles. The molecule has 162 valence electrons. The van der Waals surface area contributed by atoms with Crippen LogP contribution in [-0.4, -0.2) is 46.1 Å². The van der Waals surface area contributed by atoms with Crippen molar-refractivity contribution < 1.29 is 4.74 Å². The highest BCUT2D eigenvalue weighted by Crippen LogP contribution is 2.30. The molecule has 6 nitrogen and oxygen atoms in total. The third-order valence-corrected chi connectivity index (χ3v) is 6.69. The first-order chi connectivity index (χ1) is 15.4. The van der Waals surface area contributed by atoms with E-state index < -0.39 is 0 Å². The van der Waals surface area contributed by atoms with Gasteiger partial charge in [0.15, 0.2) is 0 Å². The van der Waals surface area contributed by atoms with Crippen molar-refractivity contribution in [1.29, 1.82) is 0 Å². The van der Waals surface area contributed by atoms with Crippen LogP contribution in [0.3, 0.4) is 0 Å². The molecule has 2 saturated heterocycles. The summed E-state index contributed by atoms with van der Waals surface area (Å²) in [6, 6.07) is 16.8. The van der Waals surface area contributed by atoms with E-state index in [0.29, 0.717) is 11.8 Å². The molecule has 0 N–H and O–H groups in total. The fraction of sp³-hybridized carbons (Fsp3) is 0.480. The SMILES string of the molecule is c1ccc(Cn2c(CC3CCOCC3)nnc2C2CCN(c3ccccn3)CC2)cc1. The molecule has 0 amide bonds. The van der Waals surface area contributed by atoms with E-state index in [1.807, 2.05) is 12.3 Å². The van der Waals surface area contributed by atoms with Gasteiger partial charge in [-0.15, -0.1) is 10.2 Å². The van der Waals surface area contributed by atoms with Crippen LogP contribution >= 0.6 is 0 Å². The Labute approximate surface area is 184 Å². The molecule has 0 saturated carbocycles. The number of nitrogens with zero attached hydrogens (tertiary/aromatic N) is 5. The molecule has 31 heavy (non-hydrogen) atoms. The summed E-state index contributed by atoms with van der Waals surface area (Å²) >= 11 is 0. The molecule has 2 aromatic heterocycles. The number of anilines is 1. The van der Waals surface area contributed by atoms with Crippen molar-refractivity contribution in [3.63, 3.8) is 0 Å². The van der Waals surface area contributed by atoms with Crippen LogP contribution in [0, 0.1) is 5.92 Å². The molecule has 2 aliphatic heterocycles. The number of hydrogen-bond donors (Lipinski definition) is 0. The highest BCUT2D eigenvalue weighted by Gasteiger charge is 2.28. The van der Waals surface area contributed by atoms with E-state index in [-0.39, 0.29) is 0 Å². The molecular formula is C25H31N5O. The fourth-order valence-corrected chi connectivity index (χ4v) is 4.86. The maximum atomic E-state index is 5.56. The molecule has 0 bridgehead atoms. The van der Waals surface area contributed by atoms with E-state index in [0.717, 1.165) is 82.4 Å². The zero-order valence-electron chi connectivity index (χ0n) is 18.1. The van der Waals surface area contributed by atoms with E-state index in [4.69, 9.17) is 14.9 Å². The first-order valence-corrected chi connectivity index (χ1v) is 11.6. The predicted octanol–water partition coefficient (Wildman–Crippen LogP) is 4.07. The second-order valence-corrected chi connectivity index (χ2v) is 8.76. The van der Waals surface area contributed by atoms with Crippen LogP contribution in [0.5, 0.6) is 0 Å². The summed E-state index contributed by atoms with van der Waals surface area (Å²) in [5.74, 6) is 4.46. The summed E-state index contributed by atoms with van der Waals surface area (Å²) in [6.07, 6.45) is 7.28. The Bertz CT molecular complexity index is 945. The first-order valence-electron chi connectivity index (χ1n) is 11.6. The van der Waals surface area contributed by atoms with E-state index in [1.54, 1.807) is 0 Å².